The Morgan fingerprint density at radius 2 is 1.93 bits per heavy atom. The van der Waals surface area contributed by atoms with Crippen LogP contribution >= 0.6 is 0 Å². The molecule has 0 unspecified atom stereocenters. The Kier molecular flexibility index (Phi) is 9.24. The molecule has 1 heterocycles. The maximum absolute atomic E-state index is 10.9. The largest absolute Gasteiger partial charge is 0.481 e. The third-order valence-electron chi connectivity index (χ3n) is 5.61. The Labute approximate surface area is 179 Å². The molecule has 0 radical (unpaired) electrons. The molecule has 6 heteroatoms. The van der Waals surface area contributed by atoms with Gasteiger partial charge in [0.25, 0.3) is 0 Å². The van der Waals surface area contributed by atoms with Gasteiger partial charge in [-0.05, 0) is 41.4 Å². The zero-order valence-electron chi connectivity index (χ0n) is 18.4. The summed E-state index contributed by atoms with van der Waals surface area (Å²) >= 11 is 0. The topological polar surface area (TPSA) is 95.1 Å². The van der Waals surface area contributed by atoms with Crippen molar-refractivity contribution in [1.82, 2.24) is 15.3 Å². The van der Waals surface area contributed by atoms with Crippen molar-refractivity contribution >= 4 is 5.97 Å². The predicted molar refractivity (Wildman–Crippen MR) is 120 cm³/mol. The summed E-state index contributed by atoms with van der Waals surface area (Å²) in [7, 11) is 0. The van der Waals surface area contributed by atoms with Crippen molar-refractivity contribution in [2.45, 2.75) is 65.8 Å². The zero-order valence-corrected chi connectivity index (χ0v) is 18.4. The zero-order chi connectivity index (χ0) is 22.0. The van der Waals surface area contributed by atoms with Crippen LogP contribution in [0.3, 0.4) is 0 Å². The van der Waals surface area contributed by atoms with E-state index in [0.29, 0.717) is 18.5 Å². The normalized spacial score (nSPS) is 14.6. The Hall–Kier alpha value is -2.47. The van der Waals surface area contributed by atoms with Gasteiger partial charge in [0.15, 0.2) is 0 Å². The van der Waals surface area contributed by atoms with Crippen molar-refractivity contribution in [1.29, 1.82) is 0 Å². The molecule has 6 nitrogen and oxygen atoms in total. The Bertz CT molecular complexity index is 829. The molecule has 0 aliphatic heterocycles. The van der Waals surface area contributed by atoms with Crippen LogP contribution in [-0.2, 0) is 11.3 Å². The number of hydrogen-bond acceptors (Lipinski definition) is 4. The van der Waals surface area contributed by atoms with Gasteiger partial charge >= 0.3 is 11.7 Å². The summed E-state index contributed by atoms with van der Waals surface area (Å²) in [4.78, 5) is 27.5. The number of hydrogen-bond donors (Lipinski definition) is 3. The summed E-state index contributed by atoms with van der Waals surface area (Å²) in [6.45, 7) is 8.16. The second-order valence-electron chi connectivity index (χ2n) is 9.03. The van der Waals surface area contributed by atoms with Crippen molar-refractivity contribution in [2.24, 2.45) is 11.3 Å². The molecule has 3 N–H and O–H groups in total. The number of carboxylic acid groups (broad SMARTS) is 1. The summed E-state index contributed by atoms with van der Waals surface area (Å²) < 4.78 is 0. The van der Waals surface area contributed by atoms with Gasteiger partial charge in [-0.1, -0.05) is 58.2 Å². The van der Waals surface area contributed by atoms with Crippen molar-refractivity contribution < 1.29 is 9.90 Å². The van der Waals surface area contributed by atoms with Gasteiger partial charge < -0.3 is 15.4 Å². The highest BCUT2D eigenvalue weighted by Crippen LogP contribution is 2.37. The molecule has 164 valence electrons. The number of aromatic nitrogens is 2. The molecule has 0 amide bonds. The highest BCUT2D eigenvalue weighted by Gasteiger charge is 2.25. The third-order valence-corrected chi connectivity index (χ3v) is 5.61. The number of nitrogens with one attached hydrogen (secondary N) is 2. The average Bonchev–Trinajstić information content (AvgIpc) is 2.72. The standard InChI is InChI=1S/C14H15N3O3.C10H20/c18-13(19)4-5-15-7-10-2-1-3-11(6-10)12-8-16-14(20)17-9-12;1-10(2,3)9-7-5-4-6-8-9/h1-3,6,8-9,15H,4-5,7H2,(H,18,19)(H,16,17,20);9H,4-8H2,1-3H3. The average molecular weight is 414 g/mol. The van der Waals surface area contributed by atoms with E-state index in [9.17, 15) is 9.59 Å². The number of aromatic amines is 1. The van der Waals surface area contributed by atoms with Gasteiger partial charge in [-0.3, -0.25) is 4.79 Å². The van der Waals surface area contributed by atoms with Crippen LogP contribution in [0.5, 0.6) is 0 Å². The molecule has 1 aromatic carbocycles. The Morgan fingerprint density at radius 1 is 1.20 bits per heavy atom. The molecule has 1 aliphatic rings. The molecule has 0 atom stereocenters. The molecular formula is C24H35N3O3. The van der Waals surface area contributed by atoms with Crippen LogP contribution in [0, 0.1) is 11.3 Å². The maximum Gasteiger partial charge on any atom is 0.344 e. The van der Waals surface area contributed by atoms with E-state index >= 15 is 0 Å². The van der Waals surface area contributed by atoms with Gasteiger partial charge in [0.05, 0.1) is 6.42 Å². The van der Waals surface area contributed by atoms with Gasteiger partial charge in [-0.2, -0.15) is 0 Å². The minimum absolute atomic E-state index is 0.101. The molecule has 0 bridgehead atoms. The van der Waals surface area contributed by atoms with Gasteiger partial charge in [-0.15, -0.1) is 0 Å². The fourth-order valence-electron chi connectivity index (χ4n) is 3.76. The quantitative estimate of drug-likeness (QED) is 0.601. The van der Waals surface area contributed by atoms with E-state index in [-0.39, 0.29) is 12.1 Å². The maximum atomic E-state index is 10.9. The molecule has 0 spiro atoms. The van der Waals surface area contributed by atoms with Gasteiger partial charge in [0.1, 0.15) is 0 Å². The molecule has 3 rings (SSSR count). The summed E-state index contributed by atoms with van der Waals surface area (Å²) in [5, 5.41) is 11.6. The first kappa shape index (κ1) is 23.8. The summed E-state index contributed by atoms with van der Waals surface area (Å²) in [6.07, 6.45) is 10.6. The van der Waals surface area contributed by atoms with Crippen molar-refractivity contribution in [2.75, 3.05) is 6.54 Å². The van der Waals surface area contributed by atoms with E-state index in [1.165, 1.54) is 38.3 Å². The van der Waals surface area contributed by atoms with E-state index in [4.69, 9.17) is 5.11 Å². The minimum Gasteiger partial charge on any atom is -0.481 e. The fourth-order valence-corrected chi connectivity index (χ4v) is 3.76. The Balaban J connectivity index is 0.000000269. The summed E-state index contributed by atoms with van der Waals surface area (Å²) in [5.74, 6) is 0.187. The molecule has 2 aromatic rings. The van der Waals surface area contributed by atoms with E-state index in [1.54, 1.807) is 6.20 Å². The lowest BCUT2D eigenvalue weighted by molar-refractivity contribution is -0.136. The first-order valence-electron chi connectivity index (χ1n) is 10.8. The van der Waals surface area contributed by atoms with Crippen LogP contribution in [0.4, 0.5) is 0 Å². The molecule has 1 fully saturated rings. The molecule has 30 heavy (non-hydrogen) atoms. The van der Waals surface area contributed by atoms with E-state index in [1.807, 2.05) is 24.3 Å². The van der Waals surface area contributed by atoms with Crippen LogP contribution in [0.25, 0.3) is 11.1 Å². The number of carbonyl (C=O) groups is 1. The lowest BCUT2D eigenvalue weighted by Gasteiger charge is -2.33. The third kappa shape index (κ3) is 8.49. The number of rotatable bonds is 6. The van der Waals surface area contributed by atoms with E-state index in [2.05, 4.69) is 36.1 Å². The monoisotopic (exact) mass is 413 g/mol. The number of benzene rings is 1. The molecule has 1 aliphatic carbocycles. The van der Waals surface area contributed by atoms with Crippen LogP contribution in [0.15, 0.2) is 41.5 Å². The lowest BCUT2D eigenvalue weighted by Crippen LogP contribution is -2.22. The van der Waals surface area contributed by atoms with E-state index in [0.717, 1.165) is 22.6 Å². The van der Waals surface area contributed by atoms with Crippen molar-refractivity contribution in [3.63, 3.8) is 0 Å². The van der Waals surface area contributed by atoms with Gasteiger partial charge in [0, 0.05) is 31.0 Å². The second-order valence-corrected chi connectivity index (χ2v) is 9.03. The number of H-pyrrole nitrogens is 1. The van der Waals surface area contributed by atoms with Crippen LogP contribution in [-0.4, -0.2) is 27.6 Å². The van der Waals surface area contributed by atoms with Crippen molar-refractivity contribution in [3.05, 3.63) is 52.7 Å². The highest BCUT2D eigenvalue weighted by atomic mass is 16.4. The molecule has 0 saturated heterocycles. The SMILES string of the molecule is CC(C)(C)C1CCCCC1.O=C(O)CCNCc1cccc(-c2cnc(=O)[nH]c2)c1. The Morgan fingerprint density at radius 3 is 2.50 bits per heavy atom. The summed E-state index contributed by atoms with van der Waals surface area (Å²) in [5.41, 5.74) is 3.02. The molecular weight excluding hydrogens is 378 g/mol. The minimum atomic E-state index is -0.814. The van der Waals surface area contributed by atoms with Crippen LogP contribution in [0.2, 0.25) is 0 Å². The van der Waals surface area contributed by atoms with Crippen LogP contribution in [0.1, 0.15) is 64.9 Å². The van der Waals surface area contributed by atoms with Gasteiger partial charge in [0.2, 0.25) is 0 Å². The number of aliphatic carboxylic acids is 1. The number of nitrogens with zero attached hydrogens (tertiary/aromatic N) is 1. The molecule has 1 aromatic heterocycles. The first-order valence-corrected chi connectivity index (χ1v) is 10.8. The van der Waals surface area contributed by atoms with Crippen LogP contribution < -0.4 is 11.0 Å². The first-order chi connectivity index (χ1) is 14.3. The van der Waals surface area contributed by atoms with Gasteiger partial charge in [-0.25, -0.2) is 9.78 Å². The van der Waals surface area contributed by atoms with E-state index < -0.39 is 5.97 Å². The second kappa shape index (κ2) is 11.6. The van der Waals surface area contributed by atoms with Crippen molar-refractivity contribution in [3.8, 4) is 11.1 Å². The summed E-state index contributed by atoms with van der Waals surface area (Å²) in [6, 6.07) is 7.77. The fraction of sp³-hybridized carbons (Fsp3) is 0.542. The molecule has 1 saturated carbocycles. The lowest BCUT2D eigenvalue weighted by atomic mass is 9.72. The number of carboxylic acids is 1. The predicted octanol–water partition coefficient (Wildman–Crippen LogP) is 4.61. The smallest absolute Gasteiger partial charge is 0.344 e. The highest BCUT2D eigenvalue weighted by molar-refractivity contribution is 5.66.